The van der Waals surface area contributed by atoms with E-state index in [-0.39, 0.29) is 11.4 Å². The first kappa shape index (κ1) is 18.2. The van der Waals surface area contributed by atoms with Crippen LogP contribution in [0.1, 0.15) is 39.2 Å². The summed E-state index contributed by atoms with van der Waals surface area (Å²) in [6, 6.07) is 5.86. The van der Waals surface area contributed by atoms with Gasteiger partial charge in [-0.1, -0.05) is 31.9 Å². The molecule has 2 atom stereocenters. The van der Waals surface area contributed by atoms with Gasteiger partial charge in [-0.15, -0.1) is 11.3 Å². The number of carbonyl (C=O) groups is 1. The highest BCUT2D eigenvalue weighted by Gasteiger charge is 2.32. The molecule has 1 aliphatic rings. The van der Waals surface area contributed by atoms with Crippen molar-refractivity contribution in [3.05, 3.63) is 45.8 Å². The molecule has 1 N–H and O–H groups in total. The molecule has 5 heteroatoms. The average molecular weight is 375 g/mol. The van der Waals surface area contributed by atoms with E-state index in [1.807, 2.05) is 24.3 Å². The molecule has 132 valence electrons. The number of fused-ring (bicyclic) bond motifs is 1. The van der Waals surface area contributed by atoms with E-state index in [1.165, 1.54) is 4.70 Å². The van der Waals surface area contributed by atoms with Crippen molar-refractivity contribution in [1.82, 2.24) is 5.32 Å². The monoisotopic (exact) mass is 374 g/mol. The molecule has 0 radical (unpaired) electrons. The van der Waals surface area contributed by atoms with Crippen LogP contribution in [0, 0.1) is 5.92 Å². The average Bonchev–Trinajstić information content (AvgIpc) is 3.17. The van der Waals surface area contributed by atoms with Gasteiger partial charge in [0.1, 0.15) is 0 Å². The van der Waals surface area contributed by atoms with Gasteiger partial charge in [0.05, 0.1) is 11.1 Å². The number of rotatable bonds is 6. The van der Waals surface area contributed by atoms with Gasteiger partial charge in [-0.25, -0.2) is 0 Å². The Kier molecular flexibility index (Phi) is 5.30. The van der Waals surface area contributed by atoms with Crippen molar-refractivity contribution in [2.75, 3.05) is 0 Å². The molecule has 3 nitrogen and oxygen atoms in total. The number of carbonyl (C=O) groups excluding carboxylic acids is 1. The number of halogens is 1. The van der Waals surface area contributed by atoms with E-state index in [0.29, 0.717) is 23.1 Å². The Morgan fingerprint density at radius 1 is 1.44 bits per heavy atom. The highest BCUT2D eigenvalue weighted by Crippen LogP contribution is 2.32. The fourth-order valence-corrected chi connectivity index (χ4v) is 4.30. The Morgan fingerprint density at radius 3 is 3.00 bits per heavy atom. The van der Waals surface area contributed by atoms with Gasteiger partial charge in [0.15, 0.2) is 0 Å². The van der Waals surface area contributed by atoms with Crippen LogP contribution in [0.2, 0.25) is 5.02 Å². The van der Waals surface area contributed by atoms with Gasteiger partial charge in [0, 0.05) is 22.5 Å². The lowest BCUT2D eigenvalue weighted by Gasteiger charge is -2.26. The third kappa shape index (κ3) is 3.80. The largest absolute Gasteiger partial charge is 0.348 e. The fourth-order valence-electron chi connectivity index (χ4n) is 3.19. The summed E-state index contributed by atoms with van der Waals surface area (Å²) in [4.78, 5) is 17.1. The second kappa shape index (κ2) is 7.30. The SMILES string of the molecule is CCC[C@@H](C)C1(C)C=C(C(=O)NCc2csc3ccc(Cl)cc23)C=N1. The zero-order valence-corrected chi connectivity index (χ0v) is 16.4. The molecule has 0 aliphatic carbocycles. The highest BCUT2D eigenvalue weighted by molar-refractivity contribution is 7.17. The van der Waals surface area contributed by atoms with Crippen LogP contribution in [0.5, 0.6) is 0 Å². The molecular weight excluding hydrogens is 352 g/mol. The maximum absolute atomic E-state index is 12.5. The first-order valence-corrected chi connectivity index (χ1v) is 9.90. The Labute approximate surface area is 157 Å². The lowest BCUT2D eigenvalue weighted by molar-refractivity contribution is -0.117. The van der Waals surface area contributed by atoms with Crippen LogP contribution in [0.15, 0.2) is 40.2 Å². The van der Waals surface area contributed by atoms with Crippen LogP contribution >= 0.6 is 22.9 Å². The zero-order valence-electron chi connectivity index (χ0n) is 14.8. The van der Waals surface area contributed by atoms with Crippen molar-refractivity contribution in [3.63, 3.8) is 0 Å². The van der Waals surface area contributed by atoms with Crippen LogP contribution in [-0.2, 0) is 11.3 Å². The highest BCUT2D eigenvalue weighted by atomic mass is 35.5. The predicted molar refractivity (Wildman–Crippen MR) is 108 cm³/mol. The number of hydrogen-bond acceptors (Lipinski definition) is 3. The first-order chi connectivity index (χ1) is 11.9. The Bertz CT molecular complexity index is 854. The molecule has 1 amide bonds. The van der Waals surface area contributed by atoms with E-state index in [4.69, 9.17) is 11.6 Å². The minimum Gasteiger partial charge on any atom is -0.348 e. The molecule has 2 aromatic rings. The second-order valence-electron chi connectivity index (χ2n) is 6.86. The van der Waals surface area contributed by atoms with E-state index in [9.17, 15) is 4.79 Å². The summed E-state index contributed by atoms with van der Waals surface area (Å²) in [5.74, 6) is 0.347. The van der Waals surface area contributed by atoms with Gasteiger partial charge in [0.2, 0.25) is 0 Å². The summed E-state index contributed by atoms with van der Waals surface area (Å²) in [5.41, 5.74) is 1.47. The number of nitrogens with one attached hydrogen (secondary N) is 1. The second-order valence-corrected chi connectivity index (χ2v) is 8.21. The molecule has 1 aliphatic heterocycles. The van der Waals surface area contributed by atoms with Crippen LogP contribution in [-0.4, -0.2) is 17.7 Å². The minimum absolute atomic E-state index is 0.0717. The summed E-state index contributed by atoms with van der Waals surface area (Å²) in [6.45, 7) is 6.96. The number of thiophene rings is 1. The number of aliphatic imine (C=N–C) groups is 1. The van der Waals surface area contributed by atoms with Crippen molar-refractivity contribution < 1.29 is 4.79 Å². The smallest absolute Gasteiger partial charge is 0.252 e. The van der Waals surface area contributed by atoms with Gasteiger partial charge in [-0.2, -0.15) is 0 Å². The van der Waals surface area contributed by atoms with Crippen molar-refractivity contribution in [3.8, 4) is 0 Å². The molecule has 0 fully saturated rings. The summed E-state index contributed by atoms with van der Waals surface area (Å²) >= 11 is 7.76. The minimum atomic E-state index is -0.273. The number of amides is 1. The molecule has 1 aromatic heterocycles. The van der Waals surface area contributed by atoms with Crippen molar-refractivity contribution >= 4 is 45.1 Å². The lowest BCUT2D eigenvalue weighted by Crippen LogP contribution is -2.28. The van der Waals surface area contributed by atoms with Crippen molar-refractivity contribution in [2.24, 2.45) is 10.9 Å². The number of benzene rings is 1. The maximum Gasteiger partial charge on any atom is 0.252 e. The molecule has 0 saturated heterocycles. The van der Waals surface area contributed by atoms with Gasteiger partial charge >= 0.3 is 0 Å². The van der Waals surface area contributed by atoms with Crippen molar-refractivity contribution in [2.45, 2.75) is 45.7 Å². The van der Waals surface area contributed by atoms with Gasteiger partial charge in [0.25, 0.3) is 5.91 Å². The maximum atomic E-state index is 12.5. The molecule has 0 saturated carbocycles. The number of nitrogens with zero attached hydrogens (tertiary/aromatic N) is 1. The van der Waals surface area contributed by atoms with Crippen LogP contribution in [0.25, 0.3) is 10.1 Å². The number of hydrogen-bond donors (Lipinski definition) is 1. The molecule has 1 unspecified atom stereocenters. The molecule has 25 heavy (non-hydrogen) atoms. The van der Waals surface area contributed by atoms with E-state index >= 15 is 0 Å². The first-order valence-electron chi connectivity index (χ1n) is 8.65. The quantitative estimate of drug-likeness (QED) is 0.724. The lowest BCUT2D eigenvalue weighted by atomic mass is 9.84. The Balaban J connectivity index is 1.69. The Hall–Kier alpha value is -1.65. The molecule has 2 heterocycles. The van der Waals surface area contributed by atoms with Crippen molar-refractivity contribution in [1.29, 1.82) is 0 Å². The van der Waals surface area contributed by atoms with Gasteiger partial charge in [-0.05, 0) is 59.9 Å². The molecule has 1 aromatic carbocycles. The topological polar surface area (TPSA) is 41.5 Å². The molecular formula is C20H23ClN2OS. The van der Waals surface area contributed by atoms with E-state index in [1.54, 1.807) is 17.6 Å². The van der Waals surface area contributed by atoms with Crippen LogP contribution in [0.4, 0.5) is 0 Å². The third-order valence-corrected chi connectivity index (χ3v) is 6.21. The Morgan fingerprint density at radius 2 is 2.24 bits per heavy atom. The summed E-state index contributed by atoms with van der Waals surface area (Å²) < 4.78 is 1.18. The van der Waals surface area contributed by atoms with E-state index < -0.39 is 0 Å². The van der Waals surface area contributed by atoms with E-state index in [2.05, 4.69) is 36.5 Å². The zero-order chi connectivity index (χ0) is 18.0. The standard InChI is InChI=1S/C20H23ClN2OS/c1-4-5-13(2)20(3)9-14(11-23-20)19(24)22-10-15-12-25-18-7-6-16(21)8-17(15)18/h6-9,11-13H,4-5,10H2,1-3H3,(H,22,24)/t13-,20?/m1/s1. The third-order valence-electron chi connectivity index (χ3n) is 4.97. The molecule has 0 bridgehead atoms. The van der Waals surface area contributed by atoms with Gasteiger partial charge in [-0.3, -0.25) is 9.79 Å². The van der Waals surface area contributed by atoms with Crippen LogP contribution < -0.4 is 5.32 Å². The van der Waals surface area contributed by atoms with Gasteiger partial charge < -0.3 is 5.32 Å². The predicted octanol–water partition coefficient (Wildman–Crippen LogP) is 5.38. The molecule has 0 spiro atoms. The summed E-state index contributed by atoms with van der Waals surface area (Å²) in [7, 11) is 0. The normalized spacial score (nSPS) is 20.7. The summed E-state index contributed by atoms with van der Waals surface area (Å²) in [5, 5.41) is 6.91. The fraction of sp³-hybridized carbons (Fsp3) is 0.400. The summed E-state index contributed by atoms with van der Waals surface area (Å²) in [6.07, 6.45) is 5.94. The molecule has 3 rings (SSSR count). The van der Waals surface area contributed by atoms with E-state index in [0.717, 1.165) is 23.8 Å². The van der Waals surface area contributed by atoms with Crippen LogP contribution in [0.3, 0.4) is 0 Å².